The number of nitrogens with one attached hydrogen (secondary N) is 1. The van der Waals surface area contributed by atoms with E-state index in [4.69, 9.17) is 14.2 Å². The Bertz CT molecular complexity index is 1230. The van der Waals surface area contributed by atoms with Crippen molar-refractivity contribution in [2.45, 2.75) is 32.0 Å². The van der Waals surface area contributed by atoms with Gasteiger partial charge in [0.15, 0.2) is 0 Å². The van der Waals surface area contributed by atoms with Crippen molar-refractivity contribution < 1.29 is 28.6 Å². The Morgan fingerprint density at radius 2 is 1.50 bits per heavy atom. The molecule has 1 N–H and O–H groups in total. The van der Waals surface area contributed by atoms with Crippen molar-refractivity contribution >= 4 is 23.7 Å². The molecule has 1 fully saturated rings. The summed E-state index contributed by atoms with van der Waals surface area (Å²) in [5, 5.41) is 2.78. The average Bonchev–Trinajstić information content (AvgIpc) is 3.46. The quantitative estimate of drug-likeness (QED) is 0.448. The van der Waals surface area contributed by atoms with Gasteiger partial charge >= 0.3 is 12.1 Å². The van der Waals surface area contributed by atoms with Crippen molar-refractivity contribution in [1.29, 1.82) is 0 Å². The molecule has 1 atom stereocenters. The predicted octanol–water partition coefficient (Wildman–Crippen LogP) is 5.07. The van der Waals surface area contributed by atoms with Gasteiger partial charge < -0.3 is 19.5 Å². The van der Waals surface area contributed by atoms with Crippen LogP contribution in [0.25, 0.3) is 0 Å². The van der Waals surface area contributed by atoms with Crippen molar-refractivity contribution in [2.24, 2.45) is 0 Å². The van der Waals surface area contributed by atoms with Crippen LogP contribution in [0.4, 0.5) is 15.3 Å². The molecule has 198 valence electrons. The standard InChI is InChI=1S/C29H31N3O6/c1-36-24-14-10-21(11-15-24)19-32(28(34)30-23-12-16-25(37-2)17-13-23)27(33)26-9-6-18-31(26)29(35)38-20-22-7-4-3-5-8-22/h3-5,7-8,10-17,26H,6,9,18-20H2,1-2H3,(H,30,34)/t26-/m0/s1. The van der Waals surface area contributed by atoms with Crippen LogP contribution < -0.4 is 14.8 Å². The summed E-state index contributed by atoms with van der Waals surface area (Å²) in [5.41, 5.74) is 2.09. The van der Waals surface area contributed by atoms with E-state index in [-0.39, 0.29) is 13.2 Å². The van der Waals surface area contributed by atoms with Gasteiger partial charge in [0.05, 0.1) is 20.8 Å². The normalized spacial score (nSPS) is 14.5. The zero-order valence-electron chi connectivity index (χ0n) is 21.5. The summed E-state index contributed by atoms with van der Waals surface area (Å²) in [7, 11) is 3.12. The fraction of sp³-hybridized carbons (Fsp3) is 0.276. The number of ether oxygens (including phenoxy) is 3. The van der Waals surface area contributed by atoms with E-state index in [0.717, 1.165) is 16.0 Å². The maximum absolute atomic E-state index is 13.8. The average molecular weight is 518 g/mol. The molecule has 1 saturated heterocycles. The van der Waals surface area contributed by atoms with Gasteiger partial charge in [0.2, 0.25) is 0 Å². The van der Waals surface area contributed by atoms with Crippen molar-refractivity contribution in [1.82, 2.24) is 9.80 Å². The molecule has 0 unspecified atom stereocenters. The van der Waals surface area contributed by atoms with E-state index in [1.165, 1.54) is 4.90 Å². The second-order valence-electron chi connectivity index (χ2n) is 8.82. The van der Waals surface area contributed by atoms with Crippen LogP contribution in [0.5, 0.6) is 11.5 Å². The number of amides is 4. The zero-order valence-corrected chi connectivity index (χ0v) is 21.5. The number of carbonyl (C=O) groups excluding carboxylic acids is 3. The summed E-state index contributed by atoms with van der Waals surface area (Å²) in [4.78, 5) is 42.6. The molecule has 9 heteroatoms. The third-order valence-electron chi connectivity index (χ3n) is 6.33. The van der Waals surface area contributed by atoms with E-state index < -0.39 is 24.1 Å². The molecule has 0 saturated carbocycles. The van der Waals surface area contributed by atoms with Gasteiger partial charge in [-0.05, 0) is 60.4 Å². The number of methoxy groups -OCH3 is 2. The number of hydrogen-bond acceptors (Lipinski definition) is 6. The van der Waals surface area contributed by atoms with Gasteiger partial charge in [0.25, 0.3) is 5.91 Å². The van der Waals surface area contributed by atoms with Gasteiger partial charge in [-0.15, -0.1) is 0 Å². The van der Waals surface area contributed by atoms with Crippen molar-refractivity contribution in [3.8, 4) is 11.5 Å². The summed E-state index contributed by atoms with van der Waals surface area (Å²) in [6, 6.07) is 21.9. The molecule has 0 aromatic heterocycles. The summed E-state index contributed by atoms with van der Waals surface area (Å²) < 4.78 is 15.9. The third kappa shape index (κ3) is 6.61. The molecule has 0 spiro atoms. The number of imide groups is 1. The fourth-order valence-electron chi connectivity index (χ4n) is 4.25. The highest BCUT2D eigenvalue weighted by Crippen LogP contribution is 2.24. The Balaban J connectivity index is 1.51. The highest BCUT2D eigenvalue weighted by Gasteiger charge is 2.39. The van der Waals surface area contributed by atoms with Gasteiger partial charge in [-0.25, -0.2) is 9.59 Å². The van der Waals surface area contributed by atoms with Gasteiger partial charge in [-0.1, -0.05) is 42.5 Å². The molecule has 38 heavy (non-hydrogen) atoms. The molecule has 9 nitrogen and oxygen atoms in total. The van der Waals surface area contributed by atoms with Crippen LogP contribution >= 0.6 is 0 Å². The Morgan fingerprint density at radius 3 is 2.13 bits per heavy atom. The summed E-state index contributed by atoms with van der Waals surface area (Å²) in [6.07, 6.45) is 0.492. The van der Waals surface area contributed by atoms with Gasteiger partial charge in [0, 0.05) is 12.2 Å². The summed E-state index contributed by atoms with van der Waals surface area (Å²) in [6.45, 7) is 0.499. The van der Waals surface area contributed by atoms with Crippen molar-refractivity contribution in [2.75, 3.05) is 26.1 Å². The molecule has 0 aliphatic carbocycles. The van der Waals surface area contributed by atoms with Crippen LogP contribution in [-0.2, 0) is 22.7 Å². The van der Waals surface area contributed by atoms with E-state index in [0.29, 0.717) is 36.6 Å². The number of anilines is 1. The minimum atomic E-state index is -0.807. The molecule has 3 aromatic carbocycles. The third-order valence-corrected chi connectivity index (χ3v) is 6.33. The minimum absolute atomic E-state index is 0.0220. The van der Waals surface area contributed by atoms with E-state index in [2.05, 4.69) is 5.32 Å². The first-order valence-corrected chi connectivity index (χ1v) is 12.3. The highest BCUT2D eigenvalue weighted by molar-refractivity contribution is 6.03. The lowest BCUT2D eigenvalue weighted by atomic mass is 10.1. The number of rotatable bonds is 8. The smallest absolute Gasteiger partial charge is 0.410 e. The first-order valence-electron chi connectivity index (χ1n) is 12.3. The van der Waals surface area contributed by atoms with Crippen LogP contribution in [0.3, 0.4) is 0 Å². The number of urea groups is 1. The molecule has 4 amide bonds. The molecular weight excluding hydrogens is 486 g/mol. The van der Waals surface area contributed by atoms with E-state index in [1.807, 2.05) is 30.3 Å². The Kier molecular flexibility index (Phi) is 8.81. The molecule has 0 bridgehead atoms. The van der Waals surface area contributed by atoms with E-state index >= 15 is 0 Å². The Morgan fingerprint density at radius 1 is 0.868 bits per heavy atom. The molecule has 1 aliphatic heterocycles. The first-order chi connectivity index (χ1) is 18.5. The van der Waals surface area contributed by atoms with Crippen molar-refractivity contribution in [3.63, 3.8) is 0 Å². The van der Waals surface area contributed by atoms with Crippen molar-refractivity contribution in [3.05, 3.63) is 90.0 Å². The number of nitrogens with zero attached hydrogens (tertiary/aromatic N) is 2. The molecule has 1 aliphatic rings. The second kappa shape index (κ2) is 12.6. The van der Waals surface area contributed by atoms with Crippen LogP contribution in [0.15, 0.2) is 78.9 Å². The monoisotopic (exact) mass is 517 g/mol. The zero-order chi connectivity index (χ0) is 26.9. The topological polar surface area (TPSA) is 97.4 Å². The van der Waals surface area contributed by atoms with Crippen LogP contribution in [0, 0.1) is 0 Å². The minimum Gasteiger partial charge on any atom is -0.497 e. The van der Waals surface area contributed by atoms with Gasteiger partial charge in [0.1, 0.15) is 24.1 Å². The number of hydrogen-bond donors (Lipinski definition) is 1. The molecule has 1 heterocycles. The second-order valence-corrected chi connectivity index (χ2v) is 8.82. The molecule has 0 radical (unpaired) electrons. The number of likely N-dealkylation sites (tertiary alicyclic amines) is 1. The fourth-order valence-corrected chi connectivity index (χ4v) is 4.25. The first kappa shape index (κ1) is 26.5. The Labute approximate surface area is 221 Å². The van der Waals surface area contributed by atoms with E-state index in [1.54, 1.807) is 62.8 Å². The predicted molar refractivity (Wildman–Crippen MR) is 142 cm³/mol. The Hall–Kier alpha value is -4.53. The largest absolute Gasteiger partial charge is 0.497 e. The van der Waals surface area contributed by atoms with Crippen LogP contribution in [0.1, 0.15) is 24.0 Å². The number of carbonyl (C=O) groups is 3. The lowest BCUT2D eigenvalue weighted by Gasteiger charge is -2.29. The number of benzene rings is 3. The maximum atomic E-state index is 13.8. The van der Waals surface area contributed by atoms with Crippen LogP contribution in [0.2, 0.25) is 0 Å². The highest BCUT2D eigenvalue weighted by atomic mass is 16.6. The molecule has 4 rings (SSSR count). The van der Waals surface area contributed by atoms with E-state index in [9.17, 15) is 14.4 Å². The molecule has 3 aromatic rings. The lowest BCUT2D eigenvalue weighted by Crippen LogP contribution is -2.50. The molecular formula is C29H31N3O6. The lowest BCUT2D eigenvalue weighted by molar-refractivity contribution is -0.132. The maximum Gasteiger partial charge on any atom is 0.410 e. The van der Waals surface area contributed by atoms with Gasteiger partial charge in [-0.3, -0.25) is 14.6 Å². The van der Waals surface area contributed by atoms with Gasteiger partial charge in [-0.2, -0.15) is 0 Å². The summed E-state index contributed by atoms with van der Waals surface area (Å²) in [5.74, 6) is 0.836. The SMILES string of the molecule is COc1ccc(CN(C(=O)Nc2ccc(OC)cc2)C(=O)[C@@H]2CCCN2C(=O)OCc2ccccc2)cc1. The van der Waals surface area contributed by atoms with Crippen LogP contribution in [-0.4, -0.2) is 54.6 Å². The summed E-state index contributed by atoms with van der Waals surface area (Å²) >= 11 is 0.